The van der Waals surface area contributed by atoms with E-state index in [4.69, 9.17) is 0 Å². The van der Waals surface area contributed by atoms with Gasteiger partial charge in [-0.3, -0.25) is 10.1 Å². The molecule has 5 heteroatoms. The molecule has 2 aromatic carbocycles. The fourth-order valence-corrected chi connectivity index (χ4v) is 2.79. The molecule has 0 saturated carbocycles. The summed E-state index contributed by atoms with van der Waals surface area (Å²) in [6.45, 7) is 0.670. The van der Waals surface area contributed by atoms with E-state index in [1.54, 1.807) is 18.2 Å². The molecule has 2 aromatic rings. The lowest BCUT2D eigenvalue weighted by atomic mass is 10.1. The van der Waals surface area contributed by atoms with Crippen molar-refractivity contribution < 1.29 is 10.0 Å². The largest absolute Gasteiger partial charge is 0.508 e. The van der Waals surface area contributed by atoms with Crippen LogP contribution < -0.4 is 5.32 Å². The summed E-state index contributed by atoms with van der Waals surface area (Å²) in [5, 5.41) is 23.6. The number of phenolic OH excluding ortho intramolecular Hbond substituents is 1. The number of benzene rings is 2. The van der Waals surface area contributed by atoms with Crippen molar-refractivity contribution in [2.45, 2.75) is 25.4 Å². The van der Waals surface area contributed by atoms with Gasteiger partial charge in [-0.2, -0.15) is 0 Å². The summed E-state index contributed by atoms with van der Waals surface area (Å²) >= 11 is 0. The molecule has 5 nitrogen and oxygen atoms in total. The summed E-state index contributed by atoms with van der Waals surface area (Å²) in [6, 6.07) is 12.4. The number of non-ortho nitro benzene ring substituents is 1. The Hall–Kier alpha value is -2.40. The van der Waals surface area contributed by atoms with Gasteiger partial charge in [0.2, 0.25) is 0 Å². The standard InChI is InChI=1S/C16H16N2O3/c19-14-6-7-15-12(9-14)3-8-16(15)17-10-11-1-4-13(5-2-11)18(20)21/h1-2,4-7,9,16-17,19H,3,8,10H2. The van der Waals surface area contributed by atoms with Gasteiger partial charge in [0.1, 0.15) is 5.75 Å². The molecule has 0 aromatic heterocycles. The molecule has 3 rings (SSSR count). The highest BCUT2D eigenvalue weighted by Crippen LogP contribution is 2.33. The van der Waals surface area contributed by atoms with E-state index in [1.165, 1.54) is 23.3 Å². The Kier molecular flexibility index (Phi) is 3.58. The summed E-state index contributed by atoms with van der Waals surface area (Å²) < 4.78 is 0. The van der Waals surface area contributed by atoms with Gasteiger partial charge in [0.05, 0.1) is 4.92 Å². The topological polar surface area (TPSA) is 75.4 Å². The molecule has 1 atom stereocenters. The number of fused-ring (bicyclic) bond motifs is 1. The minimum absolute atomic E-state index is 0.112. The molecular formula is C16H16N2O3. The molecule has 0 radical (unpaired) electrons. The second-order valence-corrected chi connectivity index (χ2v) is 5.28. The molecule has 0 bridgehead atoms. The number of nitro groups is 1. The summed E-state index contributed by atoms with van der Waals surface area (Å²) in [4.78, 5) is 10.2. The van der Waals surface area contributed by atoms with Gasteiger partial charge in [-0.05, 0) is 41.7 Å². The first kappa shape index (κ1) is 13.6. The van der Waals surface area contributed by atoms with E-state index < -0.39 is 4.92 Å². The van der Waals surface area contributed by atoms with Gasteiger partial charge >= 0.3 is 0 Å². The van der Waals surface area contributed by atoms with Crippen LogP contribution in [0.1, 0.15) is 29.2 Å². The zero-order chi connectivity index (χ0) is 14.8. The average Bonchev–Trinajstić information content (AvgIpc) is 2.87. The maximum Gasteiger partial charge on any atom is 0.269 e. The highest BCUT2D eigenvalue weighted by Gasteiger charge is 2.22. The molecule has 1 unspecified atom stereocenters. The zero-order valence-electron chi connectivity index (χ0n) is 11.5. The average molecular weight is 284 g/mol. The summed E-state index contributed by atoms with van der Waals surface area (Å²) in [5.41, 5.74) is 3.55. The van der Waals surface area contributed by atoms with Crippen molar-refractivity contribution in [3.63, 3.8) is 0 Å². The van der Waals surface area contributed by atoms with Gasteiger partial charge in [0, 0.05) is 24.7 Å². The van der Waals surface area contributed by atoms with Crippen molar-refractivity contribution in [1.82, 2.24) is 5.32 Å². The van der Waals surface area contributed by atoms with Crippen LogP contribution >= 0.6 is 0 Å². The number of nitro benzene ring substituents is 1. The molecule has 1 aliphatic rings. The van der Waals surface area contributed by atoms with E-state index in [-0.39, 0.29) is 11.7 Å². The van der Waals surface area contributed by atoms with Gasteiger partial charge in [0.15, 0.2) is 0 Å². The van der Waals surface area contributed by atoms with Crippen LogP contribution in [0.3, 0.4) is 0 Å². The third kappa shape index (κ3) is 2.87. The normalized spacial score (nSPS) is 16.7. The van der Waals surface area contributed by atoms with Crippen molar-refractivity contribution in [2.75, 3.05) is 0 Å². The fraction of sp³-hybridized carbons (Fsp3) is 0.250. The Morgan fingerprint density at radius 1 is 1.24 bits per heavy atom. The molecule has 0 amide bonds. The van der Waals surface area contributed by atoms with Crippen molar-refractivity contribution in [3.8, 4) is 5.75 Å². The van der Waals surface area contributed by atoms with Gasteiger partial charge < -0.3 is 10.4 Å². The van der Waals surface area contributed by atoms with Gasteiger partial charge in [-0.25, -0.2) is 0 Å². The minimum Gasteiger partial charge on any atom is -0.508 e. The molecule has 0 saturated heterocycles. The molecule has 108 valence electrons. The van der Waals surface area contributed by atoms with E-state index in [2.05, 4.69) is 5.32 Å². The third-order valence-electron chi connectivity index (χ3n) is 3.90. The minimum atomic E-state index is -0.392. The molecule has 0 fully saturated rings. The number of aromatic hydroxyl groups is 1. The smallest absolute Gasteiger partial charge is 0.269 e. The molecule has 0 heterocycles. The molecule has 2 N–H and O–H groups in total. The first-order chi connectivity index (χ1) is 10.1. The maximum atomic E-state index is 10.6. The van der Waals surface area contributed by atoms with Crippen LogP contribution in [0.2, 0.25) is 0 Å². The molecule has 21 heavy (non-hydrogen) atoms. The molecule has 0 aliphatic heterocycles. The van der Waals surface area contributed by atoms with Crippen molar-refractivity contribution in [2.24, 2.45) is 0 Å². The van der Waals surface area contributed by atoms with Crippen LogP contribution in [0.4, 0.5) is 5.69 Å². The number of rotatable bonds is 4. The summed E-state index contributed by atoms with van der Waals surface area (Å²) in [5.74, 6) is 0.310. The number of phenols is 1. The highest BCUT2D eigenvalue weighted by atomic mass is 16.6. The number of nitrogens with zero attached hydrogens (tertiary/aromatic N) is 1. The number of hydrogen-bond acceptors (Lipinski definition) is 4. The Balaban J connectivity index is 1.65. The monoisotopic (exact) mass is 284 g/mol. The Labute approximate surface area is 122 Å². The second kappa shape index (κ2) is 5.54. The first-order valence-electron chi connectivity index (χ1n) is 6.92. The van der Waals surface area contributed by atoms with E-state index >= 15 is 0 Å². The van der Waals surface area contributed by atoms with E-state index in [0.29, 0.717) is 12.3 Å². The van der Waals surface area contributed by atoms with Crippen LogP contribution in [0.5, 0.6) is 5.75 Å². The summed E-state index contributed by atoms with van der Waals surface area (Å²) in [7, 11) is 0. The quantitative estimate of drug-likeness (QED) is 0.668. The Morgan fingerprint density at radius 3 is 2.71 bits per heavy atom. The maximum absolute atomic E-state index is 10.6. The fourth-order valence-electron chi connectivity index (χ4n) is 2.79. The first-order valence-corrected chi connectivity index (χ1v) is 6.92. The van der Waals surface area contributed by atoms with Crippen LogP contribution in [0, 0.1) is 10.1 Å². The SMILES string of the molecule is O=[N+]([O-])c1ccc(CNC2CCc3cc(O)ccc32)cc1. The lowest BCUT2D eigenvalue weighted by molar-refractivity contribution is -0.384. The van der Waals surface area contributed by atoms with Gasteiger partial charge in [-0.1, -0.05) is 18.2 Å². The number of nitrogens with one attached hydrogen (secondary N) is 1. The third-order valence-corrected chi connectivity index (χ3v) is 3.90. The lowest BCUT2D eigenvalue weighted by Gasteiger charge is -2.14. The van der Waals surface area contributed by atoms with Crippen LogP contribution in [-0.2, 0) is 13.0 Å². The predicted molar refractivity (Wildman–Crippen MR) is 79.1 cm³/mol. The highest BCUT2D eigenvalue weighted by molar-refractivity contribution is 5.40. The second-order valence-electron chi connectivity index (χ2n) is 5.28. The number of aryl methyl sites for hydroxylation is 1. The van der Waals surface area contributed by atoms with E-state index in [0.717, 1.165) is 18.4 Å². The molecule has 0 spiro atoms. The van der Waals surface area contributed by atoms with Crippen LogP contribution in [0.15, 0.2) is 42.5 Å². The van der Waals surface area contributed by atoms with Crippen molar-refractivity contribution in [3.05, 3.63) is 69.3 Å². The predicted octanol–water partition coefficient (Wildman–Crippen LogP) is 3.08. The zero-order valence-corrected chi connectivity index (χ0v) is 11.5. The van der Waals surface area contributed by atoms with Crippen LogP contribution in [0.25, 0.3) is 0 Å². The van der Waals surface area contributed by atoms with Crippen LogP contribution in [-0.4, -0.2) is 10.0 Å². The Morgan fingerprint density at radius 2 is 2.00 bits per heavy atom. The van der Waals surface area contributed by atoms with Gasteiger partial charge in [0.25, 0.3) is 5.69 Å². The van der Waals surface area contributed by atoms with Crippen molar-refractivity contribution in [1.29, 1.82) is 0 Å². The lowest BCUT2D eigenvalue weighted by Crippen LogP contribution is -2.18. The molecule has 1 aliphatic carbocycles. The van der Waals surface area contributed by atoms with Crippen molar-refractivity contribution >= 4 is 5.69 Å². The van der Waals surface area contributed by atoms with E-state index in [1.807, 2.05) is 12.1 Å². The molecular weight excluding hydrogens is 268 g/mol. The summed E-state index contributed by atoms with van der Waals surface area (Å²) in [6.07, 6.45) is 1.97. The number of hydrogen-bond donors (Lipinski definition) is 2. The Bertz CT molecular complexity index is 668. The van der Waals surface area contributed by atoms with Gasteiger partial charge in [-0.15, -0.1) is 0 Å². The van der Waals surface area contributed by atoms with E-state index in [9.17, 15) is 15.2 Å².